The van der Waals surface area contributed by atoms with Gasteiger partial charge in [0.15, 0.2) is 0 Å². The van der Waals surface area contributed by atoms with E-state index in [4.69, 9.17) is 4.74 Å². The normalized spacial score (nSPS) is 12.4. The van der Waals surface area contributed by atoms with E-state index < -0.39 is 0 Å². The molecule has 1 aromatic rings. The maximum absolute atomic E-state index is 5.85. The molecule has 3 heteroatoms. The Morgan fingerprint density at radius 3 is 2.78 bits per heavy atom. The number of halogens is 1. The molecule has 0 bridgehead atoms. The Kier molecular flexibility index (Phi) is 7.36. The Morgan fingerprint density at radius 1 is 1.33 bits per heavy atom. The van der Waals surface area contributed by atoms with Crippen molar-refractivity contribution in [2.45, 2.75) is 40.2 Å². The molecule has 1 atom stereocenters. The molecule has 0 aliphatic rings. The highest BCUT2D eigenvalue weighted by molar-refractivity contribution is 9.10. The fourth-order valence-corrected chi connectivity index (χ4v) is 2.24. The number of rotatable bonds is 8. The molecule has 0 fully saturated rings. The molecule has 1 unspecified atom stereocenters. The summed E-state index contributed by atoms with van der Waals surface area (Å²) < 4.78 is 6.98. The van der Waals surface area contributed by atoms with Crippen molar-refractivity contribution in [3.63, 3.8) is 0 Å². The van der Waals surface area contributed by atoms with Gasteiger partial charge >= 0.3 is 0 Å². The predicted octanol–water partition coefficient (Wildman–Crippen LogP) is 4.37. The van der Waals surface area contributed by atoms with Gasteiger partial charge in [-0.25, -0.2) is 0 Å². The second-order valence-electron chi connectivity index (χ2n) is 4.74. The summed E-state index contributed by atoms with van der Waals surface area (Å²) in [6, 6.07) is 6.20. The van der Waals surface area contributed by atoms with E-state index in [1.54, 1.807) is 0 Å². The molecule has 0 spiro atoms. The van der Waals surface area contributed by atoms with Gasteiger partial charge in [0.2, 0.25) is 0 Å². The molecule has 0 saturated heterocycles. The largest absolute Gasteiger partial charge is 0.493 e. The Hall–Kier alpha value is -0.540. The minimum atomic E-state index is 0.621. The smallest absolute Gasteiger partial charge is 0.119 e. The molecule has 1 N–H and O–H groups in total. The van der Waals surface area contributed by atoms with Crippen molar-refractivity contribution in [2.75, 3.05) is 13.2 Å². The van der Waals surface area contributed by atoms with E-state index in [0.717, 1.165) is 29.9 Å². The van der Waals surface area contributed by atoms with Crippen molar-refractivity contribution in [3.05, 3.63) is 28.2 Å². The summed E-state index contributed by atoms with van der Waals surface area (Å²) in [4.78, 5) is 0. The Balaban J connectivity index is 2.55. The van der Waals surface area contributed by atoms with Gasteiger partial charge in [0.05, 0.1) is 6.61 Å². The van der Waals surface area contributed by atoms with Gasteiger partial charge in [0.1, 0.15) is 5.75 Å². The summed E-state index contributed by atoms with van der Waals surface area (Å²) >= 11 is 3.57. The monoisotopic (exact) mass is 313 g/mol. The third-order valence-corrected chi connectivity index (χ3v) is 3.67. The van der Waals surface area contributed by atoms with E-state index in [1.807, 2.05) is 6.07 Å². The quantitative estimate of drug-likeness (QED) is 0.769. The van der Waals surface area contributed by atoms with Gasteiger partial charge in [0, 0.05) is 11.0 Å². The SMILES string of the molecule is CCCC(C)COc1ccc(Br)c(CNCC)c1. The maximum Gasteiger partial charge on any atom is 0.119 e. The summed E-state index contributed by atoms with van der Waals surface area (Å²) in [5.74, 6) is 1.59. The maximum atomic E-state index is 5.85. The molecule has 102 valence electrons. The summed E-state index contributed by atoms with van der Waals surface area (Å²) in [6.07, 6.45) is 2.44. The highest BCUT2D eigenvalue weighted by Crippen LogP contribution is 2.23. The first-order valence-electron chi connectivity index (χ1n) is 6.79. The van der Waals surface area contributed by atoms with E-state index >= 15 is 0 Å². The van der Waals surface area contributed by atoms with E-state index in [-0.39, 0.29) is 0 Å². The third-order valence-electron chi connectivity index (χ3n) is 2.90. The van der Waals surface area contributed by atoms with Crippen molar-refractivity contribution < 1.29 is 4.74 Å². The first-order valence-corrected chi connectivity index (χ1v) is 7.58. The molecule has 0 aromatic heterocycles. The Bertz CT molecular complexity index is 354. The molecule has 1 aromatic carbocycles. The average molecular weight is 314 g/mol. The molecular weight excluding hydrogens is 290 g/mol. The number of benzene rings is 1. The highest BCUT2D eigenvalue weighted by Gasteiger charge is 2.05. The van der Waals surface area contributed by atoms with E-state index in [0.29, 0.717) is 5.92 Å². The number of hydrogen-bond acceptors (Lipinski definition) is 2. The first-order chi connectivity index (χ1) is 8.67. The lowest BCUT2D eigenvalue weighted by molar-refractivity contribution is 0.251. The van der Waals surface area contributed by atoms with Crippen LogP contribution in [0.15, 0.2) is 22.7 Å². The summed E-state index contributed by atoms with van der Waals surface area (Å²) in [5.41, 5.74) is 1.25. The second kappa shape index (κ2) is 8.54. The Labute approximate surface area is 119 Å². The predicted molar refractivity (Wildman–Crippen MR) is 81.1 cm³/mol. The zero-order chi connectivity index (χ0) is 13.4. The van der Waals surface area contributed by atoms with Crippen molar-refractivity contribution in [2.24, 2.45) is 5.92 Å². The van der Waals surface area contributed by atoms with Crippen LogP contribution in [0.1, 0.15) is 39.2 Å². The molecule has 0 radical (unpaired) electrons. The molecule has 1 rings (SSSR count). The van der Waals surface area contributed by atoms with Crippen LogP contribution in [0.25, 0.3) is 0 Å². The summed E-state index contributed by atoms with van der Waals surface area (Å²) in [6.45, 7) is 9.22. The van der Waals surface area contributed by atoms with Crippen LogP contribution in [0.5, 0.6) is 5.75 Å². The molecule has 0 aliphatic carbocycles. The van der Waals surface area contributed by atoms with Crippen LogP contribution >= 0.6 is 15.9 Å². The third kappa shape index (κ3) is 5.40. The Morgan fingerprint density at radius 2 is 2.11 bits per heavy atom. The van der Waals surface area contributed by atoms with Crippen LogP contribution < -0.4 is 10.1 Å². The van der Waals surface area contributed by atoms with Gasteiger partial charge in [-0.15, -0.1) is 0 Å². The fourth-order valence-electron chi connectivity index (χ4n) is 1.85. The lowest BCUT2D eigenvalue weighted by Crippen LogP contribution is -2.12. The van der Waals surface area contributed by atoms with Crippen molar-refractivity contribution in [1.82, 2.24) is 5.32 Å². The van der Waals surface area contributed by atoms with Gasteiger partial charge in [-0.05, 0) is 42.6 Å². The van der Waals surface area contributed by atoms with E-state index in [2.05, 4.69) is 54.2 Å². The molecule has 0 heterocycles. The lowest BCUT2D eigenvalue weighted by atomic mass is 10.1. The fraction of sp³-hybridized carbons (Fsp3) is 0.600. The van der Waals surface area contributed by atoms with Crippen LogP contribution in [-0.2, 0) is 6.54 Å². The number of ether oxygens (including phenoxy) is 1. The molecule has 0 aliphatic heterocycles. The molecule has 0 saturated carbocycles. The topological polar surface area (TPSA) is 21.3 Å². The zero-order valence-electron chi connectivity index (χ0n) is 11.6. The molecule has 18 heavy (non-hydrogen) atoms. The van der Waals surface area contributed by atoms with Crippen molar-refractivity contribution in [3.8, 4) is 5.75 Å². The molecular formula is C15H24BrNO. The minimum Gasteiger partial charge on any atom is -0.493 e. The van der Waals surface area contributed by atoms with Crippen LogP contribution in [-0.4, -0.2) is 13.2 Å². The highest BCUT2D eigenvalue weighted by atomic mass is 79.9. The van der Waals surface area contributed by atoms with Gasteiger partial charge in [0.25, 0.3) is 0 Å². The van der Waals surface area contributed by atoms with Gasteiger partial charge in [-0.1, -0.05) is 43.1 Å². The van der Waals surface area contributed by atoms with Crippen LogP contribution in [0, 0.1) is 5.92 Å². The number of hydrogen-bond donors (Lipinski definition) is 1. The van der Waals surface area contributed by atoms with E-state index in [1.165, 1.54) is 18.4 Å². The minimum absolute atomic E-state index is 0.621. The second-order valence-corrected chi connectivity index (χ2v) is 5.59. The zero-order valence-corrected chi connectivity index (χ0v) is 13.2. The first kappa shape index (κ1) is 15.5. The van der Waals surface area contributed by atoms with E-state index in [9.17, 15) is 0 Å². The molecule has 0 amide bonds. The van der Waals surface area contributed by atoms with Gasteiger partial charge < -0.3 is 10.1 Å². The summed E-state index contributed by atoms with van der Waals surface area (Å²) in [5, 5.41) is 3.33. The van der Waals surface area contributed by atoms with Crippen LogP contribution in [0.2, 0.25) is 0 Å². The van der Waals surface area contributed by atoms with Crippen LogP contribution in [0.4, 0.5) is 0 Å². The van der Waals surface area contributed by atoms with Crippen molar-refractivity contribution in [1.29, 1.82) is 0 Å². The standard InChI is InChI=1S/C15H24BrNO/c1-4-6-12(3)11-18-14-7-8-15(16)13(9-14)10-17-5-2/h7-9,12,17H,4-6,10-11H2,1-3H3. The number of nitrogens with one attached hydrogen (secondary N) is 1. The average Bonchev–Trinajstić information content (AvgIpc) is 2.36. The molecule has 2 nitrogen and oxygen atoms in total. The van der Waals surface area contributed by atoms with Gasteiger partial charge in [-0.2, -0.15) is 0 Å². The summed E-state index contributed by atoms with van der Waals surface area (Å²) in [7, 11) is 0. The lowest BCUT2D eigenvalue weighted by Gasteiger charge is -2.13. The van der Waals surface area contributed by atoms with Gasteiger partial charge in [-0.3, -0.25) is 0 Å². The van der Waals surface area contributed by atoms with Crippen LogP contribution in [0.3, 0.4) is 0 Å². The van der Waals surface area contributed by atoms with Crippen molar-refractivity contribution >= 4 is 15.9 Å².